The molecule has 0 aliphatic carbocycles. The first-order chi connectivity index (χ1) is 29.8. The normalized spacial score (nSPS) is 11.7. The molecular formula is C55H35N5. The molecule has 0 bridgehead atoms. The summed E-state index contributed by atoms with van der Waals surface area (Å²) in [6, 6.07) is 75.1. The standard InChI is InChI=1S/C55H35N5/c1-4-16-36(17-5-1)37-28-30-39(31-29-37)54-56-53(38-18-6-2-7-19-38)57-55(58-54)51-43-23-11-10-20-40(43)34-47-45-25-13-15-27-49(45)60(52(47)51)42-32-33-46-44-24-12-14-26-48(44)59(50(46)35-42)41-21-8-3-9-22-41/h1-35H. The molecule has 0 saturated heterocycles. The van der Waals surface area contributed by atoms with Crippen LogP contribution >= 0.6 is 0 Å². The Morgan fingerprint density at radius 3 is 1.47 bits per heavy atom. The summed E-state index contributed by atoms with van der Waals surface area (Å²) in [6.07, 6.45) is 0. The van der Waals surface area contributed by atoms with Gasteiger partial charge in [-0.3, -0.25) is 0 Å². The molecule has 0 unspecified atom stereocenters. The fraction of sp³-hybridized carbons (Fsp3) is 0. The van der Waals surface area contributed by atoms with Crippen LogP contribution in [0.15, 0.2) is 212 Å². The van der Waals surface area contributed by atoms with Gasteiger partial charge in [-0.25, -0.2) is 15.0 Å². The average Bonchev–Trinajstić information content (AvgIpc) is 3.83. The Bertz CT molecular complexity index is 3570. The molecule has 0 saturated carbocycles. The van der Waals surface area contributed by atoms with E-state index in [2.05, 4.69) is 197 Å². The van der Waals surface area contributed by atoms with Crippen molar-refractivity contribution >= 4 is 54.4 Å². The summed E-state index contributed by atoms with van der Waals surface area (Å²) >= 11 is 0. The van der Waals surface area contributed by atoms with Gasteiger partial charge in [-0.05, 0) is 64.4 Å². The van der Waals surface area contributed by atoms with Crippen LogP contribution < -0.4 is 0 Å². The van der Waals surface area contributed by atoms with E-state index in [0.29, 0.717) is 17.5 Å². The predicted molar refractivity (Wildman–Crippen MR) is 248 cm³/mol. The number of benzene rings is 9. The summed E-state index contributed by atoms with van der Waals surface area (Å²) in [5.74, 6) is 1.87. The summed E-state index contributed by atoms with van der Waals surface area (Å²) in [6.45, 7) is 0. The van der Waals surface area contributed by atoms with E-state index < -0.39 is 0 Å². The second kappa shape index (κ2) is 13.8. The summed E-state index contributed by atoms with van der Waals surface area (Å²) in [4.78, 5) is 15.9. The van der Waals surface area contributed by atoms with Crippen molar-refractivity contribution < 1.29 is 0 Å². The Labute approximate surface area is 346 Å². The summed E-state index contributed by atoms with van der Waals surface area (Å²) in [7, 11) is 0. The fourth-order valence-corrected chi connectivity index (χ4v) is 9.01. The monoisotopic (exact) mass is 765 g/mol. The Kier molecular flexibility index (Phi) is 7.78. The Balaban J connectivity index is 1.17. The van der Waals surface area contributed by atoms with E-state index in [1.165, 1.54) is 21.9 Å². The molecule has 0 aliphatic rings. The highest BCUT2D eigenvalue weighted by molar-refractivity contribution is 6.21. The number of para-hydroxylation sites is 3. The van der Waals surface area contributed by atoms with Crippen molar-refractivity contribution in [3.63, 3.8) is 0 Å². The van der Waals surface area contributed by atoms with Gasteiger partial charge in [0.15, 0.2) is 17.5 Å². The molecule has 3 aromatic heterocycles. The Morgan fingerprint density at radius 1 is 0.283 bits per heavy atom. The lowest BCUT2D eigenvalue weighted by molar-refractivity contribution is 1.07. The van der Waals surface area contributed by atoms with Crippen LogP contribution in [0.3, 0.4) is 0 Å². The van der Waals surface area contributed by atoms with Gasteiger partial charge in [-0.2, -0.15) is 0 Å². The molecular weight excluding hydrogens is 731 g/mol. The lowest BCUT2D eigenvalue weighted by Gasteiger charge is -2.15. The van der Waals surface area contributed by atoms with E-state index in [0.717, 1.165) is 71.7 Å². The Morgan fingerprint density at radius 2 is 0.767 bits per heavy atom. The largest absolute Gasteiger partial charge is 0.309 e. The Hall–Kier alpha value is -8.15. The molecule has 0 amide bonds. The molecule has 5 heteroatoms. The number of fused-ring (bicyclic) bond motifs is 7. The molecule has 12 aromatic rings. The minimum atomic E-state index is 0.621. The molecule has 5 nitrogen and oxygen atoms in total. The van der Waals surface area contributed by atoms with Crippen LogP contribution in [0.25, 0.3) is 111 Å². The molecule has 0 atom stereocenters. The molecule has 0 fully saturated rings. The van der Waals surface area contributed by atoms with E-state index in [-0.39, 0.29) is 0 Å². The van der Waals surface area contributed by atoms with Gasteiger partial charge in [0.2, 0.25) is 0 Å². The molecule has 3 heterocycles. The molecule has 0 N–H and O–H groups in total. The molecule has 9 aromatic carbocycles. The molecule has 12 rings (SSSR count). The smallest absolute Gasteiger partial charge is 0.166 e. The number of hydrogen-bond donors (Lipinski definition) is 0. The zero-order chi connectivity index (χ0) is 39.6. The highest BCUT2D eigenvalue weighted by atomic mass is 15.1. The third-order valence-electron chi connectivity index (χ3n) is 11.8. The van der Waals surface area contributed by atoms with E-state index in [9.17, 15) is 0 Å². The van der Waals surface area contributed by atoms with Crippen molar-refractivity contribution in [2.45, 2.75) is 0 Å². The second-order valence-corrected chi connectivity index (χ2v) is 15.2. The van der Waals surface area contributed by atoms with Crippen molar-refractivity contribution in [1.82, 2.24) is 24.1 Å². The zero-order valence-electron chi connectivity index (χ0n) is 32.4. The number of rotatable bonds is 6. The van der Waals surface area contributed by atoms with Crippen molar-refractivity contribution in [2.24, 2.45) is 0 Å². The predicted octanol–water partition coefficient (Wildman–Crippen LogP) is 13.9. The van der Waals surface area contributed by atoms with Gasteiger partial charge in [0, 0.05) is 44.0 Å². The summed E-state index contributed by atoms with van der Waals surface area (Å²) in [5, 5.41) is 6.93. The molecule has 280 valence electrons. The lowest BCUT2D eigenvalue weighted by Crippen LogP contribution is -2.03. The van der Waals surface area contributed by atoms with Crippen molar-refractivity contribution in [1.29, 1.82) is 0 Å². The van der Waals surface area contributed by atoms with Gasteiger partial charge in [-0.15, -0.1) is 0 Å². The first-order valence-electron chi connectivity index (χ1n) is 20.3. The molecule has 0 spiro atoms. The van der Waals surface area contributed by atoms with E-state index in [1.807, 2.05) is 24.3 Å². The second-order valence-electron chi connectivity index (χ2n) is 15.2. The SMILES string of the molecule is c1ccc(-c2ccc(-c3nc(-c4ccccc4)nc(-c4c5ccccc5cc5c6ccccc6n(-c6ccc7c8ccccc8n(-c8ccccc8)c7c6)c45)n3)cc2)cc1. The van der Waals surface area contributed by atoms with Crippen LogP contribution in [0, 0.1) is 0 Å². The average molecular weight is 766 g/mol. The molecule has 60 heavy (non-hydrogen) atoms. The molecule has 0 radical (unpaired) electrons. The minimum absolute atomic E-state index is 0.621. The first-order valence-corrected chi connectivity index (χ1v) is 20.3. The number of aromatic nitrogens is 5. The van der Waals surface area contributed by atoms with Gasteiger partial charge >= 0.3 is 0 Å². The van der Waals surface area contributed by atoms with Crippen molar-refractivity contribution in [2.75, 3.05) is 0 Å². The maximum atomic E-state index is 5.40. The van der Waals surface area contributed by atoms with Crippen molar-refractivity contribution in [3.8, 4) is 56.7 Å². The van der Waals surface area contributed by atoms with Crippen LogP contribution in [0.2, 0.25) is 0 Å². The first kappa shape index (κ1) is 33.9. The van der Waals surface area contributed by atoms with E-state index in [1.54, 1.807) is 0 Å². The van der Waals surface area contributed by atoms with Crippen LogP contribution in [0.5, 0.6) is 0 Å². The van der Waals surface area contributed by atoms with Crippen LogP contribution in [0.4, 0.5) is 0 Å². The van der Waals surface area contributed by atoms with Gasteiger partial charge in [0.25, 0.3) is 0 Å². The fourth-order valence-electron chi connectivity index (χ4n) is 9.01. The maximum Gasteiger partial charge on any atom is 0.166 e. The third-order valence-corrected chi connectivity index (χ3v) is 11.8. The van der Waals surface area contributed by atoms with E-state index >= 15 is 0 Å². The van der Waals surface area contributed by atoms with Crippen LogP contribution in [-0.2, 0) is 0 Å². The van der Waals surface area contributed by atoms with Gasteiger partial charge in [0.1, 0.15) is 0 Å². The van der Waals surface area contributed by atoms with E-state index in [4.69, 9.17) is 15.0 Å². The highest BCUT2D eigenvalue weighted by Gasteiger charge is 2.24. The maximum absolute atomic E-state index is 5.40. The number of hydrogen-bond acceptors (Lipinski definition) is 3. The topological polar surface area (TPSA) is 48.5 Å². The highest BCUT2D eigenvalue weighted by Crippen LogP contribution is 2.43. The summed E-state index contributed by atoms with van der Waals surface area (Å²) in [5.41, 5.74) is 11.8. The number of nitrogens with zero attached hydrogens (tertiary/aromatic N) is 5. The quantitative estimate of drug-likeness (QED) is 0.169. The van der Waals surface area contributed by atoms with Crippen LogP contribution in [0.1, 0.15) is 0 Å². The summed E-state index contributed by atoms with van der Waals surface area (Å²) < 4.78 is 4.80. The van der Waals surface area contributed by atoms with Crippen LogP contribution in [-0.4, -0.2) is 24.1 Å². The van der Waals surface area contributed by atoms with Gasteiger partial charge in [0.05, 0.1) is 27.6 Å². The third kappa shape index (κ3) is 5.44. The van der Waals surface area contributed by atoms with Gasteiger partial charge < -0.3 is 9.13 Å². The van der Waals surface area contributed by atoms with Gasteiger partial charge in [-0.1, -0.05) is 170 Å². The minimum Gasteiger partial charge on any atom is -0.309 e. The molecule has 0 aliphatic heterocycles. The zero-order valence-corrected chi connectivity index (χ0v) is 32.4. The van der Waals surface area contributed by atoms with Crippen molar-refractivity contribution in [3.05, 3.63) is 212 Å². The lowest BCUT2D eigenvalue weighted by atomic mass is 9.99.